The van der Waals surface area contributed by atoms with Gasteiger partial charge in [0, 0.05) is 56.9 Å². The van der Waals surface area contributed by atoms with E-state index in [9.17, 15) is 0 Å². The molecule has 0 bridgehead atoms. The number of hydrogen-bond donors (Lipinski definition) is 2. The summed E-state index contributed by atoms with van der Waals surface area (Å²) < 4.78 is 0. The monoisotopic (exact) mass is 481 g/mol. The van der Waals surface area contributed by atoms with Crippen LogP contribution >= 0.6 is 24.0 Å². The average Bonchev–Trinajstić information content (AvgIpc) is 2.54. The third kappa shape index (κ3) is 9.74. The third-order valence-electron chi connectivity index (χ3n) is 5.12. The molecule has 0 amide bonds. The molecule has 0 radical (unpaired) electrons. The van der Waals surface area contributed by atoms with Gasteiger partial charge in [0.2, 0.25) is 0 Å². The average molecular weight is 482 g/mol. The van der Waals surface area contributed by atoms with Crippen LogP contribution in [0.25, 0.3) is 0 Å². The predicted molar refractivity (Wildman–Crippen MR) is 126 cm³/mol. The molecule has 0 aromatic rings. The molecule has 0 unspecified atom stereocenters. The molecule has 0 atom stereocenters. The summed E-state index contributed by atoms with van der Waals surface area (Å²) in [6, 6.07) is 2.41. The Hall–Kier alpha value is -0.0800. The van der Waals surface area contributed by atoms with Crippen LogP contribution in [-0.2, 0) is 0 Å². The molecule has 0 saturated carbocycles. The molecule has 1 saturated heterocycles. The van der Waals surface area contributed by atoms with Crippen LogP contribution < -0.4 is 10.6 Å². The topological polar surface area (TPSA) is 42.9 Å². The number of likely N-dealkylation sites (tertiary alicyclic amines) is 1. The van der Waals surface area contributed by atoms with Crippen LogP contribution in [0, 0.1) is 0 Å². The van der Waals surface area contributed by atoms with Gasteiger partial charge in [-0.25, -0.2) is 0 Å². The molecule has 6 heteroatoms. The number of hydrogen-bond acceptors (Lipinski definition) is 3. The molecule has 26 heavy (non-hydrogen) atoms. The van der Waals surface area contributed by atoms with E-state index in [1.165, 1.54) is 25.9 Å². The van der Waals surface area contributed by atoms with Crippen molar-refractivity contribution in [3.63, 3.8) is 0 Å². The lowest BCUT2D eigenvalue weighted by Crippen LogP contribution is -2.49. The molecule has 5 nitrogen and oxygen atoms in total. The molecule has 0 aromatic heterocycles. The fourth-order valence-electron chi connectivity index (χ4n) is 3.63. The third-order valence-corrected chi connectivity index (χ3v) is 5.12. The molecule has 1 rings (SSSR count). The van der Waals surface area contributed by atoms with Gasteiger partial charge in [-0.3, -0.25) is 9.89 Å². The van der Waals surface area contributed by atoms with Crippen molar-refractivity contribution in [1.29, 1.82) is 0 Å². The summed E-state index contributed by atoms with van der Waals surface area (Å²) in [6.45, 7) is 21.1. The molecular weight excluding hydrogens is 437 g/mol. The van der Waals surface area contributed by atoms with Crippen molar-refractivity contribution in [2.24, 2.45) is 4.99 Å². The molecule has 2 N–H and O–H groups in total. The van der Waals surface area contributed by atoms with Crippen LogP contribution in [0.5, 0.6) is 0 Å². The first kappa shape index (κ1) is 25.9. The number of rotatable bonds is 9. The Bertz CT molecular complexity index is 368. The summed E-state index contributed by atoms with van der Waals surface area (Å²) >= 11 is 0. The summed E-state index contributed by atoms with van der Waals surface area (Å²) in [7, 11) is 0. The highest BCUT2D eigenvalue weighted by molar-refractivity contribution is 14.0. The predicted octanol–water partition coefficient (Wildman–Crippen LogP) is 3.54. The summed E-state index contributed by atoms with van der Waals surface area (Å²) in [4.78, 5) is 9.91. The van der Waals surface area contributed by atoms with E-state index in [1.807, 2.05) is 0 Å². The minimum atomic E-state index is 0. The zero-order chi connectivity index (χ0) is 18.8. The van der Waals surface area contributed by atoms with Crippen LogP contribution in [0.3, 0.4) is 0 Å². The van der Waals surface area contributed by atoms with E-state index < -0.39 is 0 Å². The second kappa shape index (κ2) is 14.0. The van der Waals surface area contributed by atoms with Gasteiger partial charge in [-0.15, -0.1) is 24.0 Å². The van der Waals surface area contributed by atoms with E-state index >= 15 is 0 Å². The van der Waals surface area contributed by atoms with E-state index in [1.54, 1.807) is 0 Å². The maximum atomic E-state index is 4.81. The molecule has 0 spiro atoms. The minimum Gasteiger partial charge on any atom is -0.357 e. The van der Waals surface area contributed by atoms with Gasteiger partial charge in [-0.1, -0.05) is 0 Å². The summed E-state index contributed by atoms with van der Waals surface area (Å²) in [5, 5.41) is 7.06. The van der Waals surface area contributed by atoms with Crippen molar-refractivity contribution in [2.75, 3.05) is 32.7 Å². The van der Waals surface area contributed by atoms with E-state index in [2.05, 4.69) is 68.9 Å². The quantitative estimate of drug-likeness (QED) is 0.229. The van der Waals surface area contributed by atoms with Crippen molar-refractivity contribution >= 4 is 29.9 Å². The lowest BCUT2D eigenvalue weighted by atomic mass is 10.0. The molecule has 1 fully saturated rings. The van der Waals surface area contributed by atoms with Gasteiger partial charge in [0.15, 0.2) is 5.96 Å². The maximum Gasteiger partial charge on any atom is 0.191 e. The second-order valence-corrected chi connectivity index (χ2v) is 8.09. The van der Waals surface area contributed by atoms with E-state index in [0.29, 0.717) is 24.2 Å². The Labute approximate surface area is 179 Å². The van der Waals surface area contributed by atoms with Crippen molar-refractivity contribution < 1.29 is 0 Å². The van der Waals surface area contributed by atoms with Gasteiger partial charge >= 0.3 is 0 Å². The number of halogens is 1. The summed E-state index contributed by atoms with van der Waals surface area (Å²) in [5.41, 5.74) is 0. The summed E-state index contributed by atoms with van der Waals surface area (Å²) in [6.07, 6.45) is 3.52. The van der Waals surface area contributed by atoms with Crippen LogP contribution in [0.15, 0.2) is 4.99 Å². The van der Waals surface area contributed by atoms with Crippen molar-refractivity contribution in [2.45, 2.75) is 91.9 Å². The Morgan fingerprint density at radius 3 is 2.12 bits per heavy atom. The number of nitrogens with zero attached hydrogens (tertiary/aromatic N) is 3. The van der Waals surface area contributed by atoms with E-state index in [-0.39, 0.29) is 24.0 Å². The fraction of sp³-hybridized carbons (Fsp3) is 0.950. The van der Waals surface area contributed by atoms with Gasteiger partial charge in [0.25, 0.3) is 0 Å². The number of aliphatic imine (C=N–C) groups is 1. The molecule has 156 valence electrons. The molecule has 1 heterocycles. The minimum absolute atomic E-state index is 0. The molecule has 0 aliphatic carbocycles. The fourth-order valence-corrected chi connectivity index (χ4v) is 3.63. The number of guanidine groups is 1. The van der Waals surface area contributed by atoms with Crippen molar-refractivity contribution in [3.8, 4) is 0 Å². The Morgan fingerprint density at radius 1 is 1.08 bits per heavy atom. The first-order valence-electron chi connectivity index (χ1n) is 10.4. The second-order valence-electron chi connectivity index (χ2n) is 8.09. The number of nitrogens with one attached hydrogen (secondary N) is 2. The van der Waals surface area contributed by atoms with Gasteiger partial charge in [-0.05, 0) is 67.7 Å². The molecular formula is C20H44IN5. The van der Waals surface area contributed by atoms with Crippen molar-refractivity contribution in [3.05, 3.63) is 0 Å². The smallest absolute Gasteiger partial charge is 0.191 e. The molecule has 1 aliphatic heterocycles. The lowest BCUT2D eigenvalue weighted by Gasteiger charge is -2.35. The largest absolute Gasteiger partial charge is 0.357 e. The Morgan fingerprint density at radius 2 is 1.65 bits per heavy atom. The van der Waals surface area contributed by atoms with Crippen LogP contribution in [-0.4, -0.2) is 72.7 Å². The van der Waals surface area contributed by atoms with Gasteiger partial charge in [0.1, 0.15) is 0 Å². The lowest BCUT2D eigenvalue weighted by molar-refractivity contribution is 0.167. The maximum absolute atomic E-state index is 4.81. The standard InChI is InChI=1S/C20H43N5.HI/c1-8-21-20(22-12-9-13-25(17(4)5)18(6)7)23-19-10-14-24(15-11-19)16(2)3;/h16-19H,8-15H2,1-7H3,(H2,21,22,23);1H. The Kier molecular flexibility index (Phi) is 14.0. The SMILES string of the molecule is CCNC(=NCCCN(C(C)C)C(C)C)NC1CCN(C(C)C)CC1.I. The Balaban J connectivity index is 0.00000625. The zero-order valence-corrected chi connectivity index (χ0v) is 20.5. The first-order chi connectivity index (χ1) is 11.8. The zero-order valence-electron chi connectivity index (χ0n) is 18.2. The number of piperidine rings is 1. The van der Waals surface area contributed by atoms with Gasteiger partial charge in [-0.2, -0.15) is 0 Å². The first-order valence-corrected chi connectivity index (χ1v) is 10.4. The van der Waals surface area contributed by atoms with Crippen LogP contribution in [0.2, 0.25) is 0 Å². The normalized spacial score (nSPS) is 17.3. The summed E-state index contributed by atoms with van der Waals surface area (Å²) in [5.74, 6) is 0.992. The highest BCUT2D eigenvalue weighted by Gasteiger charge is 2.21. The highest BCUT2D eigenvalue weighted by Crippen LogP contribution is 2.12. The highest BCUT2D eigenvalue weighted by atomic mass is 127. The van der Waals surface area contributed by atoms with Gasteiger partial charge < -0.3 is 15.5 Å². The van der Waals surface area contributed by atoms with Crippen molar-refractivity contribution in [1.82, 2.24) is 20.4 Å². The molecule has 1 aliphatic rings. The van der Waals surface area contributed by atoms with E-state index in [4.69, 9.17) is 4.99 Å². The van der Waals surface area contributed by atoms with Crippen LogP contribution in [0.4, 0.5) is 0 Å². The van der Waals surface area contributed by atoms with Gasteiger partial charge in [0.05, 0.1) is 0 Å². The molecule has 0 aromatic carbocycles. The van der Waals surface area contributed by atoms with E-state index in [0.717, 1.165) is 32.0 Å². The van der Waals surface area contributed by atoms with Crippen LogP contribution in [0.1, 0.15) is 67.7 Å².